The summed E-state index contributed by atoms with van der Waals surface area (Å²) >= 11 is 0. The summed E-state index contributed by atoms with van der Waals surface area (Å²) in [5, 5.41) is 8.36. The van der Waals surface area contributed by atoms with Gasteiger partial charge in [-0.05, 0) is 32.1 Å². The van der Waals surface area contributed by atoms with Gasteiger partial charge in [-0.25, -0.2) is 0 Å². The van der Waals surface area contributed by atoms with Crippen LogP contribution in [0.2, 0.25) is 0 Å². The maximum Gasteiger partial charge on any atom is 0.155 e. The van der Waals surface area contributed by atoms with Gasteiger partial charge in [0, 0.05) is 25.6 Å². The molecule has 2 aliphatic rings. The van der Waals surface area contributed by atoms with E-state index >= 15 is 0 Å². The summed E-state index contributed by atoms with van der Waals surface area (Å²) in [5.74, 6) is 1.56. The zero-order chi connectivity index (χ0) is 10.6. The smallest absolute Gasteiger partial charge is 0.155 e. The van der Waals surface area contributed by atoms with E-state index in [0.717, 1.165) is 11.8 Å². The van der Waals surface area contributed by atoms with E-state index in [2.05, 4.69) is 24.3 Å². The number of carbonyl (C=O) groups is 1. The Morgan fingerprint density at radius 3 is 1.67 bits per heavy atom. The Morgan fingerprint density at radius 2 is 1.60 bits per heavy atom. The quantitative estimate of drug-likeness (QED) is 0.349. The average Bonchev–Trinajstić information content (AvgIpc) is 2.63. The third-order valence-electron chi connectivity index (χ3n) is 2.17. The number of allylic oxidation sites excluding steroid dienone is 6. The van der Waals surface area contributed by atoms with Crippen molar-refractivity contribution in [3.05, 3.63) is 36.1 Å². The maximum absolute atomic E-state index is 10.0. The molecule has 0 aliphatic heterocycles. The zero-order valence-corrected chi connectivity index (χ0v) is 10.6. The predicted molar refractivity (Wildman–Crippen MR) is 56.9 cm³/mol. The van der Waals surface area contributed by atoms with Gasteiger partial charge < -0.3 is 5.11 Å². The van der Waals surface area contributed by atoms with Gasteiger partial charge in [0.05, 0.1) is 5.76 Å². The second-order valence-corrected chi connectivity index (χ2v) is 3.73. The molecule has 2 rings (SSSR count). The first-order valence-corrected chi connectivity index (χ1v) is 4.82. The molecular formula is C12H16O2Rh. The van der Waals surface area contributed by atoms with Crippen LogP contribution >= 0.6 is 0 Å². The van der Waals surface area contributed by atoms with Crippen LogP contribution in [0.4, 0.5) is 0 Å². The zero-order valence-electron chi connectivity index (χ0n) is 8.94. The number of rotatable bonds is 1. The number of carbonyl (C=O) groups excluding carboxylic acids is 1. The molecule has 2 bridgehead atoms. The van der Waals surface area contributed by atoms with E-state index < -0.39 is 0 Å². The first kappa shape index (κ1) is 14.3. The van der Waals surface area contributed by atoms with E-state index in [0.29, 0.717) is 0 Å². The Labute approximate surface area is 104 Å². The largest absolute Gasteiger partial charge is 0.512 e. The fourth-order valence-corrected chi connectivity index (χ4v) is 1.62. The molecule has 0 aromatic rings. The number of ketones is 1. The first-order valence-electron chi connectivity index (χ1n) is 4.82. The molecule has 3 heteroatoms. The second-order valence-electron chi connectivity index (χ2n) is 3.73. The van der Waals surface area contributed by atoms with Crippen LogP contribution < -0.4 is 0 Å². The van der Waals surface area contributed by atoms with Gasteiger partial charge >= 0.3 is 0 Å². The SMILES string of the molecule is C1=CC2C=CC1C2.CC(=O)/C=C(\C)O.[Rh]. The molecule has 1 N–H and O–H groups in total. The van der Waals surface area contributed by atoms with Crippen molar-refractivity contribution in [3.63, 3.8) is 0 Å². The summed E-state index contributed by atoms with van der Waals surface area (Å²) < 4.78 is 0. The minimum absolute atomic E-state index is 0. The van der Waals surface area contributed by atoms with Gasteiger partial charge in [0.25, 0.3) is 0 Å². The topological polar surface area (TPSA) is 37.3 Å². The van der Waals surface area contributed by atoms with Crippen LogP contribution in [0.15, 0.2) is 36.1 Å². The maximum atomic E-state index is 10.0. The van der Waals surface area contributed by atoms with E-state index in [4.69, 9.17) is 5.11 Å². The predicted octanol–water partition coefficient (Wildman–Crippen LogP) is 2.78. The Bertz CT molecular complexity index is 271. The molecule has 15 heavy (non-hydrogen) atoms. The minimum Gasteiger partial charge on any atom is -0.512 e. The molecule has 0 spiro atoms. The Morgan fingerprint density at radius 1 is 1.20 bits per heavy atom. The average molecular weight is 295 g/mol. The Balaban J connectivity index is 0.000000245. The Kier molecular flexibility index (Phi) is 6.43. The Hall–Kier alpha value is -0.687. The van der Waals surface area contributed by atoms with Crippen molar-refractivity contribution in [2.24, 2.45) is 11.8 Å². The van der Waals surface area contributed by atoms with Gasteiger partial charge in [0.15, 0.2) is 5.78 Å². The fraction of sp³-hybridized carbons (Fsp3) is 0.417. The van der Waals surface area contributed by atoms with E-state index in [1.165, 1.54) is 26.3 Å². The molecule has 0 saturated carbocycles. The molecular weight excluding hydrogens is 279 g/mol. The monoisotopic (exact) mass is 295 g/mol. The minimum atomic E-state index is -0.125. The molecule has 0 heterocycles. The molecule has 0 fully saturated rings. The van der Waals surface area contributed by atoms with Crippen molar-refractivity contribution in [2.45, 2.75) is 20.3 Å². The number of aliphatic hydroxyl groups is 1. The van der Waals surface area contributed by atoms with Gasteiger partial charge in [0.1, 0.15) is 0 Å². The summed E-state index contributed by atoms with van der Waals surface area (Å²) in [5.41, 5.74) is 0. The number of hydrogen-bond donors (Lipinski definition) is 1. The van der Waals surface area contributed by atoms with Crippen LogP contribution in [0.25, 0.3) is 0 Å². The van der Waals surface area contributed by atoms with Crippen molar-refractivity contribution in [3.8, 4) is 0 Å². The summed E-state index contributed by atoms with van der Waals surface area (Å²) in [7, 11) is 0. The summed E-state index contributed by atoms with van der Waals surface area (Å²) in [6, 6.07) is 0. The van der Waals surface area contributed by atoms with Gasteiger partial charge in [-0.15, -0.1) is 0 Å². The normalized spacial score (nSPS) is 25.6. The summed E-state index contributed by atoms with van der Waals surface area (Å²) in [6.45, 7) is 2.85. The van der Waals surface area contributed by atoms with E-state index in [-0.39, 0.29) is 31.0 Å². The van der Waals surface area contributed by atoms with Gasteiger partial charge in [0.2, 0.25) is 0 Å². The molecule has 2 aliphatic carbocycles. The van der Waals surface area contributed by atoms with Crippen LogP contribution in [-0.2, 0) is 24.3 Å². The fourth-order valence-electron chi connectivity index (χ4n) is 1.62. The molecule has 1 radical (unpaired) electrons. The van der Waals surface area contributed by atoms with Gasteiger partial charge in [-0.2, -0.15) is 0 Å². The summed E-state index contributed by atoms with van der Waals surface area (Å²) in [6.07, 6.45) is 11.7. The second kappa shape index (κ2) is 6.73. The number of fused-ring (bicyclic) bond motifs is 2. The standard InChI is InChI=1S/C7H8.C5H8O2.Rh/c1-2-7-4-3-6(1)5-7;1-4(6)3-5(2)7;/h1-4,6-7H,5H2;3,6H,1-2H3;/b;4-3+;. The van der Waals surface area contributed by atoms with Crippen molar-refractivity contribution in [1.29, 1.82) is 0 Å². The molecule has 0 aromatic heterocycles. The van der Waals surface area contributed by atoms with Crippen molar-refractivity contribution in [1.82, 2.24) is 0 Å². The van der Waals surface area contributed by atoms with Crippen LogP contribution in [0.1, 0.15) is 20.3 Å². The third-order valence-corrected chi connectivity index (χ3v) is 2.17. The number of aliphatic hydroxyl groups excluding tert-OH is 1. The van der Waals surface area contributed by atoms with Crippen LogP contribution in [0.5, 0.6) is 0 Å². The van der Waals surface area contributed by atoms with Gasteiger partial charge in [-0.1, -0.05) is 24.3 Å². The van der Waals surface area contributed by atoms with Crippen molar-refractivity contribution < 1.29 is 29.4 Å². The van der Waals surface area contributed by atoms with Crippen LogP contribution in [0.3, 0.4) is 0 Å². The number of hydrogen-bond acceptors (Lipinski definition) is 2. The van der Waals surface area contributed by atoms with E-state index in [1.54, 1.807) is 0 Å². The van der Waals surface area contributed by atoms with E-state index in [9.17, 15) is 4.79 Å². The third kappa shape index (κ3) is 5.68. The van der Waals surface area contributed by atoms with Crippen LogP contribution in [0, 0.1) is 11.8 Å². The molecule has 0 unspecified atom stereocenters. The molecule has 2 nitrogen and oxygen atoms in total. The van der Waals surface area contributed by atoms with Crippen LogP contribution in [-0.4, -0.2) is 10.9 Å². The molecule has 85 valence electrons. The molecule has 0 atom stereocenters. The molecule has 0 aromatic carbocycles. The van der Waals surface area contributed by atoms with E-state index in [1.807, 2.05) is 0 Å². The van der Waals surface area contributed by atoms with Gasteiger partial charge in [-0.3, -0.25) is 4.79 Å². The van der Waals surface area contributed by atoms with Crippen molar-refractivity contribution >= 4 is 5.78 Å². The molecule has 0 amide bonds. The first-order chi connectivity index (χ1) is 6.58. The summed E-state index contributed by atoms with van der Waals surface area (Å²) in [4.78, 5) is 10.0. The van der Waals surface area contributed by atoms with Crippen molar-refractivity contribution in [2.75, 3.05) is 0 Å². The molecule has 0 saturated heterocycles.